The fourth-order valence-corrected chi connectivity index (χ4v) is 3.70. The Morgan fingerprint density at radius 1 is 1.16 bits per heavy atom. The summed E-state index contributed by atoms with van der Waals surface area (Å²) in [5, 5.41) is 15.4. The number of hydrogen-bond donors (Lipinski definition) is 3. The van der Waals surface area contributed by atoms with Gasteiger partial charge in [-0.3, -0.25) is 4.79 Å². The highest BCUT2D eigenvalue weighted by Gasteiger charge is 2.25. The molecule has 2 atom stereocenters. The van der Waals surface area contributed by atoms with Gasteiger partial charge in [0.2, 0.25) is 0 Å². The number of nitrogens with one attached hydrogen (secondary N) is 2. The maximum Gasteiger partial charge on any atom is 0.407 e. The largest absolute Gasteiger partial charge is 0.444 e. The van der Waals surface area contributed by atoms with Crippen molar-refractivity contribution in [1.82, 2.24) is 10.6 Å². The van der Waals surface area contributed by atoms with Crippen LogP contribution in [0.1, 0.15) is 37.3 Å². The molecule has 2 aromatic rings. The standard InChI is InChI=1S/C21H25Cl2FN2O4S/c1-21(2,3)30-20(29)25-11-14-8-9-16(31-14)12-4-6-13(7-5-12)17(27)15(10-24)26-19(28)18(22)23/h4-9,15,17-18,27H,10-11H2,1-3H3,(H,25,29)(H,26,28). The molecule has 0 spiro atoms. The number of alkyl halides is 3. The molecule has 0 bridgehead atoms. The molecule has 0 fully saturated rings. The lowest BCUT2D eigenvalue weighted by Gasteiger charge is -2.22. The van der Waals surface area contributed by atoms with Crippen molar-refractivity contribution in [1.29, 1.82) is 0 Å². The molecule has 1 aromatic carbocycles. The van der Waals surface area contributed by atoms with Crippen LogP contribution >= 0.6 is 34.5 Å². The summed E-state index contributed by atoms with van der Waals surface area (Å²) in [4.78, 5) is 23.9. The normalized spacial score (nSPS) is 13.5. The molecule has 170 valence electrons. The molecule has 0 aliphatic rings. The number of rotatable bonds is 8. The Morgan fingerprint density at radius 2 is 1.81 bits per heavy atom. The Balaban J connectivity index is 2.00. The van der Waals surface area contributed by atoms with Gasteiger partial charge in [0.25, 0.3) is 5.91 Å². The summed E-state index contributed by atoms with van der Waals surface area (Å²) < 4.78 is 18.5. The summed E-state index contributed by atoms with van der Waals surface area (Å²) in [6, 6.07) is 9.57. The van der Waals surface area contributed by atoms with E-state index in [9.17, 15) is 19.1 Å². The van der Waals surface area contributed by atoms with Gasteiger partial charge in [-0.15, -0.1) is 11.3 Å². The number of aliphatic hydroxyl groups is 1. The molecule has 1 heterocycles. The maximum atomic E-state index is 13.3. The highest BCUT2D eigenvalue weighted by atomic mass is 35.5. The SMILES string of the molecule is CC(C)(C)OC(=O)NCc1ccc(-c2ccc(C(O)C(CF)NC(=O)C(Cl)Cl)cc2)s1. The van der Waals surface area contributed by atoms with Crippen molar-refractivity contribution in [3.8, 4) is 10.4 Å². The third-order valence-electron chi connectivity index (χ3n) is 4.08. The predicted octanol–water partition coefficient (Wildman–Crippen LogP) is 4.73. The lowest BCUT2D eigenvalue weighted by molar-refractivity contribution is -0.121. The number of halogens is 3. The molecule has 2 rings (SSSR count). The Hall–Kier alpha value is -1.87. The van der Waals surface area contributed by atoms with E-state index >= 15 is 0 Å². The topological polar surface area (TPSA) is 87.7 Å². The van der Waals surface area contributed by atoms with Gasteiger partial charge >= 0.3 is 6.09 Å². The van der Waals surface area contributed by atoms with Gasteiger partial charge < -0.3 is 20.5 Å². The molecule has 31 heavy (non-hydrogen) atoms. The number of aliphatic hydroxyl groups excluding tert-OH is 1. The van der Waals surface area contributed by atoms with Crippen LogP contribution in [0.2, 0.25) is 0 Å². The van der Waals surface area contributed by atoms with Crippen LogP contribution < -0.4 is 10.6 Å². The smallest absolute Gasteiger partial charge is 0.407 e. The summed E-state index contributed by atoms with van der Waals surface area (Å²) in [7, 11) is 0. The van der Waals surface area contributed by atoms with Crippen LogP contribution in [-0.4, -0.2) is 40.3 Å². The van der Waals surface area contributed by atoms with Crippen molar-refractivity contribution in [3.63, 3.8) is 0 Å². The molecule has 3 N–H and O–H groups in total. The molecule has 0 radical (unpaired) electrons. The quantitative estimate of drug-likeness (QED) is 0.466. The summed E-state index contributed by atoms with van der Waals surface area (Å²) in [6.07, 6.45) is -1.74. The molecule has 0 saturated carbocycles. The number of hydrogen-bond acceptors (Lipinski definition) is 5. The zero-order chi connectivity index (χ0) is 23.2. The Kier molecular flexibility index (Phi) is 9.12. The van der Waals surface area contributed by atoms with E-state index in [-0.39, 0.29) is 0 Å². The minimum Gasteiger partial charge on any atom is -0.444 e. The zero-order valence-corrected chi connectivity index (χ0v) is 19.7. The van der Waals surface area contributed by atoms with Crippen LogP contribution in [0, 0.1) is 0 Å². The first kappa shape index (κ1) is 25.4. The number of carbonyl (C=O) groups is 2. The highest BCUT2D eigenvalue weighted by Crippen LogP contribution is 2.30. The van der Waals surface area contributed by atoms with E-state index in [4.69, 9.17) is 27.9 Å². The van der Waals surface area contributed by atoms with E-state index in [1.807, 2.05) is 12.1 Å². The van der Waals surface area contributed by atoms with Crippen molar-refractivity contribution in [2.75, 3.05) is 6.67 Å². The summed E-state index contributed by atoms with van der Waals surface area (Å²) in [6.45, 7) is 4.76. The second-order valence-corrected chi connectivity index (χ2v) is 10.0. The maximum absolute atomic E-state index is 13.3. The lowest BCUT2D eigenvalue weighted by atomic mass is 10.0. The van der Waals surface area contributed by atoms with E-state index in [1.165, 1.54) is 11.3 Å². The van der Waals surface area contributed by atoms with E-state index < -0.39 is 41.3 Å². The molecule has 1 aromatic heterocycles. The molecular formula is C21H25Cl2FN2O4S. The van der Waals surface area contributed by atoms with Gasteiger partial charge in [-0.25, -0.2) is 9.18 Å². The zero-order valence-electron chi connectivity index (χ0n) is 17.3. The number of ether oxygens (including phenoxy) is 1. The average molecular weight is 491 g/mol. The summed E-state index contributed by atoms with van der Waals surface area (Å²) >= 11 is 12.4. The van der Waals surface area contributed by atoms with E-state index in [0.717, 1.165) is 15.3 Å². The second kappa shape index (κ2) is 11.1. The monoisotopic (exact) mass is 490 g/mol. The Bertz CT molecular complexity index is 884. The first-order valence-electron chi connectivity index (χ1n) is 9.48. The highest BCUT2D eigenvalue weighted by molar-refractivity contribution is 7.15. The van der Waals surface area contributed by atoms with Crippen molar-refractivity contribution >= 4 is 46.5 Å². The van der Waals surface area contributed by atoms with Gasteiger partial charge in [0.15, 0.2) is 4.84 Å². The van der Waals surface area contributed by atoms with Crippen molar-refractivity contribution in [2.45, 2.75) is 49.9 Å². The van der Waals surface area contributed by atoms with Crippen LogP contribution in [0.3, 0.4) is 0 Å². The van der Waals surface area contributed by atoms with Gasteiger partial charge in [0, 0.05) is 9.75 Å². The van der Waals surface area contributed by atoms with Crippen LogP contribution in [-0.2, 0) is 16.1 Å². The van der Waals surface area contributed by atoms with E-state index in [1.54, 1.807) is 45.0 Å². The average Bonchev–Trinajstić information content (AvgIpc) is 3.17. The third-order valence-corrected chi connectivity index (χ3v) is 5.61. The first-order chi connectivity index (χ1) is 14.5. The van der Waals surface area contributed by atoms with Crippen molar-refractivity contribution in [2.24, 2.45) is 0 Å². The van der Waals surface area contributed by atoms with E-state index in [0.29, 0.717) is 12.1 Å². The Morgan fingerprint density at radius 3 is 2.35 bits per heavy atom. The van der Waals surface area contributed by atoms with E-state index in [2.05, 4.69) is 10.6 Å². The molecule has 2 amide bonds. The van der Waals surface area contributed by atoms with Gasteiger partial charge in [-0.05, 0) is 44.0 Å². The third kappa shape index (κ3) is 7.96. The first-order valence-corrected chi connectivity index (χ1v) is 11.2. The predicted molar refractivity (Wildman–Crippen MR) is 121 cm³/mol. The van der Waals surface area contributed by atoms with Crippen molar-refractivity contribution < 1.29 is 23.8 Å². The fraction of sp³-hybridized carbons (Fsp3) is 0.429. The fourth-order valence-electron chi connectivity index (χ4n) is 2.63. The van der Waals surface area contributed by atoms with Crippen LogP contribution in [0.4, 0.5) is 9.18 Å². The molecule has 2 unspecified atom stereocenters. The van der Waals surface area contributed by atoms with Gasteiger partial charge in [0.05, 0.1) is 12.6 Å². The molecule has 0 aliphatic heterocycles. The number of alkyl carbamates (subject to hydrolysis) is 1. The molecule has 0 aliphatic carbocycles. The van der Waals surface area contributed by atoms with Gasteiger partial charge in [0.1, 0.15) is 18.4 Å². The van der Waals surface area contributed by atoms with Crippen LogP contribution in [0.5, 0.6) is 0 Å². The minimum absolute atomic E-state index is 0.344. The number of amides is 2. The van der Waals surface area contributed by atoms with Crippen molar-refractivity contribution in [3.05, 3.63) is 46.8 Å². The van der Waals surface area contributed by atoms with Gasteiger partial charge in [-0.2, -0.15) is 0 Å². The minimum atomic E-state index is -1.35. The summed E-state index contributed by atoms with van der Waals surface area (Å²) in [5.41, 5.74) is 0.777. The number of benzene rings is 1. The van der Waals surface area contributed by atoms with Gasteiger partial charge in [-0.1, -0.05) is 47.5 Å². The molecule has 10 heteroatoms. The van der Waals surface area contributed by atoms with Crippen LogP contribution in [0.15, 0.2) is 36.4 Å². The molecular weight excluding hydrogens is 466 g/mol. The second-order valence-electron chi connectivity index (χ2n) is 7.76. The number of thiophene rings is 1. The lowest BCUT2D eigenvalue weighted by Crippen LogP contribution is -2.43. The van der Waals surface area contributed by atoms with Crippen LogP contribution in [0.25, 0.3) is 10.4 Å². The number of carbonyl (C=O) groups excluding carboxylic acids is 2. The summed E-state index contributed by atoms with van der Waals surface area (Å²) in [5.74, 6) is -0.771. The Labute approximate surface area is 194 Å². The molecule has 0 saturated heterocycles. The molecule has 6 nitrogen and oxygen atoms in total.